The maximum Gasteiger partial charge on any atom is 0.419 e. The summed E-state index contributed by atoms with van der Waals surface area (Å²) in [6, 6.07) is 11.8. The lowest BCUT2D eigenvalue weighted by atomic mass is 10.0. The summed E-state index contributed by atoms with van der Waals surface area (Å²) in [6.07, 6.45) is -3.27. The first-order valence-electron chi connectivity index (χ1n) is 11.5. The smallest absolute Gasteiger partial charge is 0.419 e. The number of fused-ring (bicyclic) bond motifs is 1. The fraction of sp³-hybridized carbons (Fsp3) is 0.308. The lowest BCUT2D eigenvalue weighted by Crippen LogP contribution is -2.33. The number of hydrogen-bond acceptors (Lipinski definition) is 5. The van der Waals surface area contributed by atoms with Gasteiger partial charge in [0.15, 0.2) is 5.65 Å². The first-order valence-corrected chi connectivity index (χ1v) is 11.5. The molecule has 0 amide bonds. The van der Waals surface area contributed by atoms with Gasteiger partial charge in [-0.3, -0.25) is 0 Å². The largest absolute Gasteiger partial charge is 0.497 e. The molecule has 0 radical (unpaired) electrons. The van der Waals surface area contributed by atoms with E-state index >= 15 is 4.39 Å². The third-order valence-corrected chi connectivity index (χ3v) is 6.59. The van der Waals surface area contributed by atoms with Gasteiger partial charge in [-0.25, -0.2) is 13.9 Å². The molecule has 0 spiro atoms. The number of benzene rings is 2. The van der Waals surface area contributed by atoms with Crippen molar-refractivity contribution in [2.24, 2.45) is 0 Å². The topological polar surface area (TPSA) is 62.9 Å². The Balaban J connectivity index is 1.79. The van der Waals surface area contributed by atoms with Crippen molar-refractivity contribution < 1.29 is 27.4 Å². The summed E-state index contributed by atoms with van der Waals surface area (Å²) in [6.45, 7) is 2.29. The number of ether oxygens (including phenoxy) is 1. The van der Waals surface area contributed by atoms with E-state index < -0.39 is 17.6 Å². The van der Waals surface area contributed by atoms with E-state index in [0.29, 0.717) is 35.0 Å². The molecule has 6 nitrogen and oxygen atoms in total. The lowest BCUT2D eigenvalue weighted by molar-refractivity contribution is -0.139. The summed E-state index contributed by atoms with van der Waals surface area (Å²) in [5, 5.41) is 14.4. The number of hydrogen-bond donors (Lipinski definition) is 1. The Hall–Kier alpha value is -3.66. The molecule has 36 heavy (non-hydrogen) atoms. The van der Waals surface area contributed by atoms with Crippen LogP contribution in [0.2, 0.25) is 0 Å². The zero-order valence-electron chi connectivity index (χ0n) is 19.7. The van der Waals surface area contributed by atoms with Crippen molar-refractivity contribution in [1.82, 2.24) is 14.6 Å². The molecular weight excluding hydrogens is 476 g/mol. The lowest BCUT2D eigenvalue weighted by Gasteiger charge is -2.25. The van der Waals surface area contributed by atoms with Gasteiger partial charge in [0.25, 0.3) is 0 Å². The van der Waals surface area contributed by atoms with Crippen LogP contribution in [-0.4, -0.2) is 46.0 Å². The standard InChI is InChI=1S/C26H24F4N4O2/c1-15-23(16-8-10-18(36-2)11-9-16)25-31-22(33-12-4-5-17(33)14-35)13-21(34(25)32-15)19-6-3-7-20(24(19)27)26(28,29)30/h3,6-11,13,17,35H,4-5,12,14H2,1-2H3/t17-/m0/s1. The molecule has 5 rings (SSSR count). The first kappa shape index (κ1) is 24.1. The van der Waals surface area contributed by atoms with E-state index in [1.807, 2.05) is 17.0 Å². The van der Waals surface area contributed by atoms with Crippen LogP contribution < -0.4 is 9.64 Å². The molecule has 0 unspecified atom stereocenters. The highest BCUT2D eigenvalue weighted by Crippen LogP contribution is 2.39. The van der Waals surface area contributed by atoms with Gasteiger partial charge in [0.1, 0.15) is 17.4 Å². The van der Waals surface area contributed by atoms with E-state index in [9.17, 15) is 18.3 Å². The number of methoxy groups -OCH3 is 1. The Kier molecular flexibility index (Phi) is 6.07. The number of aromatic nitrogens is 3. The van der Waals surface area contributed by atoms with Gasteiger partial charge >= 0.3 is 6.18 Å². The van der Waals surface area contributed by atoms with Crippen LogP contribution in [0.3, 0.4) is 0 Å². The van der Waals surface area contributed by atoms with Crippen LogP contribution in [0, 0.1) is 12.7 Å². The molecule has 188 valence electrons. The van der Waals surface area contributed by atoms with E-state index in [-0.39, 0.29) is 23.9 Å². The molecule has 2 aromatic carbocycles. The van der Waals surface area contributed by atoms with Crippen LogP contribution in [0.25, 0.3) is 28.0 Å². The third-order valence-electron chi connectivity index (χ3n) is 6.59. The third kappa shape index (κ3) is 4.05. The molecule has 1 aliphatic heterocycles. The Bertz CT molecular complexity index is 1420. The van der Waals surface area contributed by atoms with Gasteiger partial charge in [0.2, 0.25) is 0 Å². The molecular formula is C26H24F4N4O2. The van der Waals surface area contributed by atoms with E-state index in [2.05, 4.69) is 5.10 Å². The number of alkyl halides is 3. The van der Waals surface area contributed by atoms with E-state index in [0.717, 1.165) is 24.5 Å². The fourth-order valence-electron chi connectivity index (χ4n) is 4.82. The molecule has 1 saturated heterocycles. The first-order chi connectivity index (χ1) is 17.2. The van der Waals surface area contributed by atoms with E-state index in [4.69, 9.17) is 9.72 Å². The molecule has 0 saturated carbocycles. The Morgan fingerprint density at radius 1 is 1.14 bits per heavy atom. The number of anilines is 1. The predicted octanol–water partition coefficient (Wildman–Crippen LogP) is 5.50. The minimum atomic E-state index is -4.85. The van der Waals surface area contributed by atoms with E-state index in [1.165, 1.54) is 16.6 Å². The van der Waals surface area contributed by atoms with Crippen molar-refractivity contribution in [3.8, 4) is 28.1 Å². The summed E-state index contributed by atoms with van der Waals surface area (Å²) in [5.74, 6) is -0.264. The Labute approximate surface area is 204 Å². The molecule has 3 heterocycles. The van der Waals surface area contributed by atoms with Gasteiger partial charge < -0.3 is 14.7 Å². The highest BCUT2D eigenvalue weighted by Gasteiger charge is 2.36. The predicted molar refractivity (Wildman–Crippen MR) is 128 cm³/mol. The zero-order chi connectivity index (χ0) is 25.6. The second-order valence-corrected chi connectivity index (χ2v) is 8.76. The van der Waals surface area contributed by atoms with Crippen LogP contribution in [0.15, 0.2) is 48.5 Å². The van der Waals surface area contributed by atoms with Crippen LogP contribution in [-0.2, 0) is 6.18 Å². The van der Waals surface area contributed by atoms with Crippen molar-refractivity contribution in [3.63, 3.8) is 0 Å². The van der Waals surface area contributed by atoms with Gasteiger partial charge in [0.05, 0.1) is 36.7 Å². The minimum Gasteiger partial charge on any atom is -0.497 e. The van der Waals surface area contributed by atoms with Gasteiger partial charge in [-0.05, 0) is 49.6 Å². The van der Waals surface area contributed by atoms with Crippen LogP contribution in [0.1, 0.15) is 24.1 Å². The molecule has 2 aromatic heterocycles. The molecule has 1 fully saturated rings. The number of halogens is 4. The van der Waals surface area contributed by atoms with Crippen molar-refractivity contribution in [1.29, 1.82) is 0 Å². The summed E-state index contributed by atoms with van der Waals surface area (Å²) in [4.78, 5) is 6.73. The van der Waals surface area contributed by atoms with Gasteiger partial charge in [-0.15, -0.1) is 0 Å². The second kappa shape index (κ2) is 9.09. The number of nitrogens with zero attached hydrogens (tertiary/aromatic N) is 4. The number of rotatable bonds is 5. The van der Waals surface area contributed by atoms with Crippen LogP contribution >= 0.6 is 0 Å². The highest BCUT2D eigenvalue weighted by atomic mass is 19.4. The van der Waals surface area contributed by atoms with Crippen molar-refractivity contribution >= 4 is 11.5 Å². The molecule has 1 atom stereocenters. The summed E-state index contributed by atoms with van der Waals surface area (Å²) >= 11 is 0. The average Bonchev–Trinajstić information content (AvgIpc) is 3.46. The van der Waals surface area contributed by atoms with Crippen LogP contribution in [0.5, 0.6) is 5.75 Å². The van der Waals surface area contributed by atoms with E-state index in [1.54, 1.807) is 32.2 Å². The van der Waals surface area contributed by atoms with Crippen LogP contribution in [0.4, 0.5) is 23.4 Å². The molecule has 1 N–H and O–H groups in total. The number of aliphatic hydroxyl groups is 1. The SMILES string of the molecule is COc1ccc(-c2c(C)nn3c(-c4cccc(C(F)(F)F)c4F)cc(N4CCC[C@H]4CO)nc23)cc1. The molecule has 0 bridgehead atoms. The maximum absolute atomic E-state index is 15.3. The van der Waals surface area contributed by atoms with Gasteiger partial charge in [-0.1, -0.05) is 18.2 Å². The van der Waals surface area contributed by atoms with Crippen molar-refractivity contribution in [2.75, 3.05) is 25.2 Å². The highest BCUT2D eigenvalue weighted by molar-refractivity contribution is 5.83. The minimum absolute atomic E-state index is 0.0935. The molecule has 10 heteroatoms. The molecule has 4 aromatic rings. The average molecular weight is 500 g/mol. The zero-order valence-corrected chi connectivity index (χ0v) is 19.7. The quantitative estimate of drug-likeness (QED) is 0.367. The summed E-state index contributed by atoms with van der Waals surface area (Å²) < 4.78 is 62.5. The fourth-order valence-corrected chi connectivity index (χ4v) is 4.82. The van der Waals surface area contributed by atoms with Gasteiger partial charge in [0, 0.05) is 23.7 Å². The van der Waals surface area contributed by atoms with Gasteiger partial charge in [-0.2, -0.15) is 18.3 Å². The summed E-state index contributed by atoms with van der Waals surface area (Å²) in [5.41, 5.74) is 0.979. The number of aliphatic hydroxyl groups excluding tert-OH is 1. The Morgan fingerprint density at radius 2 is 1.89 bits per heavy atom. The maximum atomic E-state index is 15.3. The normalized spacial score (nSPS) is 16.2. The number of aryl methyl sites for hydroxylation is 1. The molecule has 1 aliphatic rings. The van der Waals surface area contributed by atoms with Crippen molar-refractivity contribution in [2.45, 2.75) is 32.0 Å². The summed E-state index contributed by atoms with van der Waals surface area (Å²) in [7, 11) is 1.56. The molecule has 0 aliphatic carbocycles. The Morgan fingerprint density at radius 3 is 2.56 bits per heavy atom. The second-order valence-electron chi connectivity index (χ2n) is 8.76. The monoisotopic (exact) mass is 500 g/mol. The van der Waals surface area contributed by atoms with Crippen molar-refractivity contribution in [3.05, 3.63) is 65.6 Å².